The maximum Gasteiger partial charge on any atom is 0.408 e. The number of anilines is 1. The third-order valence-corrected chi connectivity index (χ3v) is 4.95. The van der Waals surface area contributed by atoms with Gasteiger partial charge in [-0.05, 0) is 57.3 Å². The Morgan fingerprint density at radius 3 is 2.24 bits per heavy atom. The van der Waals surface area contributed by atoms with E-state index in [0.29, 0.717) is 17.9 Å². The zero-order chi connectivity index (χ0) is 22.2. The summed E-state index contributed by atoms with van der Waals surface area (Å²) in [5.41, 5.74) is 0.164. The number of ether oxygens (including phenoxy) is 1. The Balaban J connectivity index is 3.01. The number of likely N-dealkylation sites (N-methyl/N-ethyl adjacent to an activating group) is 1. The van der Waals surface area contributed by atoms with Crippen molar-refractivity contribution in [1.82, 2.24) is 9.62 Å². The highest BCUT2D eigenvalue weighted by Crippen LogP contribution is 2.17. The zero-order valence-corrected chi connectivity index (χ0v) is 18.9. The van der Waals surface area contributed by atoms with E-state index in [0.717, 1.165) is 0 Å². The van der Waals surface area contributed by atoms with Crippen molar-refractivity contribution in [3.63, 3.8) is 0 Å². The first-order valence-electron chi connectivity index (χ1n) is 9.12. The number of nitrogens with one attached hydrogen (secondary N) is 2. The van der Waals surface area contributed by atoms with Crippen molar-refractivity contribution in [2.75, 3.05) is 17.0 Å². The monoisotopic (exact) mass is 447 g/mol. The molecule has 11 heteroatoms. The van der Waals surface area contributed by atoms with E-state index in [9.17, 15) is 18.0 Å². The molecule has 0 aliphatic carbocycles. The third kappa shape index (κ3) is 9.86. The van der Waals surface area contributed by atoms with E-state index in [1.54, 1.807) is 37.2 Å². The molecule has 1 atom stereocenters. The summed E-state index contributed by atoms with van der Waals surface area (Å²) in [6.07, 6.45) is -0.511. The summed E-state index contributed by atoms with van der Waals surface area (Å²) in [5, 5.41) is 2.63. The van der Waals surface area contributed by atoms with Gasteiger partial charge in [0.15, 0.2) is 0 Å². The first-order chi connectivity index (χ1) is 13.3. The number of carbonyl (C=O) groups is 2. The van der Waals surface area contributed by atoms with Gasteiger partial charge in [0.1, 0.15) is 11.6 Å². The maximum absolute atomic E-state index is 12.9. The molecule has 1 unspecified atom stereocenters. The Morgan fingerprint density at radius 1 is 1.21 bits per heavy atom. The van der Waals surface area contributed by atoms with Crippen molar-refractivity contribution < 1.29 is 27.3 Å². The molecular weight excluding hydrogens is 418 g/mol. The lowest BCUT2D eigenvalue weighted by Gasteiger charge is -2.27. The Morgan fingerprint density at radius 2 is 1.79 bits per heavy atom. The Labute approximate surface area is 176 Å². The molecule has 0 heterocycles. The van der Waals surface area contributed by atoms with Gasteiger partial charge in [-0.2, -0.15) is 8.42 Å². The van der Waals surface area contributed by atoms with E-state index >= 15 is 0 Å². The van der Waals surface area contributed by atoms with Crippen molar-refractivity contribution in [2.24, 2.45) is 0 Å². The molecule has 0 aliphatic heterocycles. The van der Waals surface area contributed by atoms with Crippen LogP contribution < -0.4 is 10.0 Å². The van der Waals surface area contributed by atoms with Gasteiger partial charge in [-0.25, -0.2) is 4.79 Å². The van der Waals surface area contributed by atoms with Crippen LogP contribution in [-0.4, -0.2) is 53.2 Å². The first-order valence-corrected chi connectivity index (χ1v) is 11.5. The summed E-state index contributed by atoms with van der Waals surface area (Å²) >= 11 is 1.36. The van der Waals surface area contributed by atoms with Gasteiger partial charge in [-0.15, -0.1) is 0 Å². The molecule has 0 radical (unpaired) electrons. The summed E-state index contributed by atoms with van der Waals surface area (Å²) in [6, 6.07) is 5.26. The molecule has 29 heavy (non-hydrogen) atoms. The molecule has 1 aromatic rings. The Hall–Kier alpha value is -1.98. The number of rotatable bonds is 9. The van der Waals surface area contributed by atoms with Crippen molar-refractivity contribution in [3.05, 3.63) is 29.8 Å². The van der Waals surface area contributed by atoms with Crippen LogP contribution in [0.25, 0.3) is 0 Å². The standard InChI is InChI=1S/C18H29N3O6S2/c1-6-21(28-7-2)16(22)15(19-17(23)27-18(3,4)5)12-13-8-10-14(11-9-13)20-29(24,25)26/h8-11,15,20H,6-7,12H2,1-5H3,(H,19,23)(H,24,25,26). The fraction of sp³-hybridized carbons (Fsp3) is 0.556. The van der Waals surface area contributed by atoms with Crippen molar-refractivity contribution in [1.29, 1.82) is 0 Å². The van der Waals surface area contributed by atoms with Crippen LogP contribution >= 0.6 is 11.9 Å². The average molecular weight is 448 g/mol. The highest BCUT2D eigenvalue weighted by atomic mass is 32.2. The zero-order valence-electron chi connectivity index (χ0n) is 17.3. The molecular formula is C18H29N3O6S2. The SMILES string of the molecule is CCSN(CC)C(=O)C(Cc1ccc(NS(=O)(=O)O)cc1)NC(=O)OC(C)(C)C. The minimum Gasteiger partial charge on any atom is -0.444 e. The molecule has 0 aliphatic rings. The van der Waals surface area contributed by atoms with Gasteiger partial charge in [0.05, 0.1) is 5.69 Å². The van der Waals surface area contributed by atoms with Gasteiger partial charge < -0.3 is 10.1 Å². The predicted molar refractivity (Wildman–Crippen MR) is 114 cm³/mol. The molecule has 0 saturated heterocycles. The van der Waals surface area contributed by atoms with Gasteiger partial charge in [0.2, 0.25) is 0 Å². The first kappa shape index (κ1) is 25.1. The second-order valence-corrected chi connectivity index (χ2v) is 9.56. The van der Waals surface area contributed by atoms with Gasteiger partial charge in [0.25, 0.3) is 5.91 Å². The lowest BCUT2D eigenvalue weighted by molar-refractivity contribution is -0.128. The Kier molecular flexibility index (Phi) is 9.24. The molecule has 164 valence electrons. The number of benzene rings is 1. The Bertz CT molecular complexity index is 791. The van der Waals surface area contributed by atoms with E-state index in [4.69, 9.17) is 9.29 Å². The third-order valence-electron chi connectivity index (χ3n) is 3.45. The normalized spacial score (nSPS) is 12.8. The van der Waals surface area contributed by atoms with Crippen LogP contribution in [0.2, 0.25) is 0 Å². The van der Waals surface area contributed by atoms with Crippen LogP contribution in [0.5, 0.6) is 0 Å². The highest BCUT2D eigenvalue weighted by molar-refractivity contribution is 7.97. The molecule has 9 nitrogen and oxygen atoms in total. The summed E-state index contributed by atoms with van der Waals surface area (Å²) < 4.78 is 39.4. The van der Waals surface area contributed by atoms with Crippen molar-refractivity contribution in [3.8, 4) is 0 Å². The van der Waals surface area contributed by atoms with Crippen LogP contribution in [0.15, 0.2) is 24.3 Å². The number of nitrogens with zero attached hydrogens (tertiary/aromatic N) is 1. The summed E-state index contributed by atoms with van der Waals surface area (Å²) in [6.45, 7) is 9.45. The van der Waals surface area contributed by atoms with E-state index in [2.05, 4.69) is 5.32 Å². The van der Waals surface area contributed by atoms with E-state index in [1.807, 2.05) is 18.6 Å². The van der Waals surface area contributed by atoms with Crippen LogP contribution in [0.3, 0.4) is 0 Å². The van der Waals surface area contributed by atoms with E-state index in [-0.39, 0.29) is 18.0 Å². The second kappa shape index (κ2) is 10.7. The lowest BCUT2D eigenvalue weighted by atomic mass is 10.0. The van der Waals surface area contributed by atoms with Gasteiger partial charge >= 0.3 is 16.4 Å². The molecule has 0 bridgehead atoms. The average Bonchev–Trinajstić information content (AvgIpc) is 2.57. The molecule has 0 spiro atoms. The molecule has 1 rings (SSSR count). The summed E-state index contributed by atoms with van der Waals surface area (Å²) in [4.78, 5) is 25.2. The van der Waals surface area contributed by atoms with Crippen molar-refractivity contribution >= 4 is 39.9 Å². The molecule has 3 N–H and O–H groups in total. The lowest BCUT2D eigenvalue weighted by Crippen LogP contribution is -2.49. The summed E-state index contributed by atoms with van der Waals surface area (Å²) in [5.74, 6) is 0.444. The number of alkyl carbamates (subject to hydrolysis) is 1. The summed E-state index contributed by atoms with van der Waals surface area (Å²) in [7, 11) is -4.37. The molecule has 0 saturated carbocycles. The van der Waals surface area contributed by atoms with Crippen molar-refractivity contribution in [2.45, 2.75) is 52.7 Å². The smallest absolute Gasteiger partial charge is 0.408 e. The number of carbonyl (C=O) groups excluding carboxylic acids is 2. The fourth-order valence-corrected chi connectivity index (χ4v) is 3.57. The van der Waals surface area contributed by atoms with Gasteiger partial charge in [-0.3, -0.25) is 18.4 Å². The minimum absolute atomic E-state index is 0.177. The van der Waals surface area contributed by atoms with E-state index in [1.165, 1.54) is 24.1 Å². The van der Waals surface area contributed by atoms with Gasteiger partial charge in [-0.1, -0.05) is 19.1 Å². The minimum atomic E-state index is -4.37. The molecule has 1 aromatic carbocycles. The van der Waals surface area contributed by atoms with Crippen LogP contribution in [-0.2, 0) is 26.3 Å². The van der Waals surface area contributed by atoms with E-state index < -0.39 is 28.0 Å². The largest absolute Gasteiger partial charge is 0.444 e. The number of hydrogen-bond acceptors (Lipinski definition) is 6. The quantitative estimate of drug-likeness (QED) is 0.393. The highest BCUT2D eigenvalue weighted by Gasteiger charge is 2.28. The van der Waals surface area contributed by atoms with Crippen LogP contribution in [0.4, 0.5) is 10.5 Å². The van der Waals surface area contributed by atoms with Crippen LogP contribution in [0, 0.1) is 0 Å². The predicted octanol–water partition coefficient (Wildman–Crippen LogP) is 2.85. The van der Waals surface area contributed by atoms with Crippen LogP contribution in [0.1, 0.15) is 40.2 Å². The fourth-order valence-electron chi connectivity index (χ4n) is 2.38. The maximum atomic E-state index is 12.9. The number of amides is 2. The molecule has 0 aromatic heterocycles. The second-order valence-electron chi connectivity index (χ2n) is 7.13. The molecule has 0 fully saturated rings. The molecule has 2 amide bonds. The number of hydrogen-bond donors (Lipinski definition) is 3. The topological polar surface area (TPSA) is 125 Å². The van der Waals surface area contributed by atoms with Gasteiger partial charge in [0, 0.05) is 18.7 Å².